The van der Waals surface area contributed by atoms with Crippen molar-refractivity contribution < 1.29 is 13.2 Å². The summed E-state index contributed by atoms with van der Waals surface area (Å²) in [5.41, 5.74) is 2.21. The number of amides is 1. The van der Waals surface area contributed by atoms with Gasteiger partial charge in [-0.3, -0.25) is 9.69 Å². The second kappa shape index (κ2) is 8.65. The van der Waals surface area contributed by atoms with Gasteiger partial charge in [-0.15, -0.1) is 0 Å². The van der Waals surface area contributed by atoms with Crippen LogP contribution in [0.3, 0.4) is 0 Å². The molecule has 1 unspecified atom stereocenters. The van der Waals surface area contributed by atoms with E-state index in [1.807, 2.05) is 18.2 Å². The lowest BCUT2D eigenvalue weighted by atomic mass is 10.0. The molecule has 2 aromatic rings. The van der Waals surface area contributed by atoms with Crippen molar-refractivity contribution in [3.63, 3.8) is 0 Å². The number of hydrogen-bond acceptors (Lipinski definition) is 4. The number of likely N-dealkylation sites (tertiary alicyclic amines) is 1. The van der Waals surface area contributed by atoms with E-state index in [9.17, 15) is 13.2 Å². The Kier molecular flexibility index (Phi) is 6.26. The minimum atomic E-state index is -3.67. The van der Waals surface area contributed by atoms with Crippen LogP contribution in [0.5, 0.6) is 0 Å². The highest BCUT2D eigenvalue weighted by molar-refractivity contribution is 7.89. The molecule has 1 amide bonds. The second-order valence-corrected chi connectivity index (χ2v) is 8.39. The molecule has 1 saturated heterocycles. The molecule has 7 heteroatoms. The maximum absolute atomic E-state index is 12.3. The molecule has 6 nitrogen and oxygen atoms in total. The Balaban J connectivity index is 1.47. The third-order valence-corrected chi connectivity index (χ3v) is 5.81. The monoisotopic (exact) mass is 387 g/mol. The first-order chi connectivity index (χ1) is 12.9. The van der Waals surface area contributed by atoms with Crippen molar-refractivity contribution in [2.75, 3.05) is 19.6 Å². The Morgan fingerprint density at radius 2 is 1.81 bits per heavy atom. The molecule has 0 radical (unpaired) electrons. The number of carbonyl (C=O) groups excluding carboxylic acids is 1. The molecule has 27 heavy (non-hydrogen) atoms. The fourth-order valence-corrected chi connectivity index (χ4v) is 4.02. The molecule has 144 valence electrons. The van der Waals surface area contributed by atoms with Crippen molar-refractivity contribution in [3.05, 3.63) is 65.7 Å². The van der Waals surface area contributed by atoms with Crippen LogP contribution >= 0.6 is 0 Å². The van der Waals surface area contributed by atoms with Crippen molar-refractivity contribution >= 4 is 15.9 Å². The molecular weight excluding hydrogens is 362 g/mol. The number of nitrogens with zero attached hydrogens (tertiary/aromatic N) is 1. The zero-order valence-corrected chi connectivity index (χ0v) is 16.0. The summed E-state index contributed by atoms with van der Waals surface area (Å²) < 4.78 is 22.5. The molecule has 3 N–H and O–H groups in total. The second-order valence-electron chi connectivity index (χ2n) is 6.83. The van der Waals surface area contributed by atoms with Crippen molar-refractivity contribution in [3.8, 4) is 0 Å². The van der Waals surface area contributed by atoms with Crippen LogP contribution in [0.15, 0.2) is 59.5 Å². The standard InChI is InChI=1S/C20H25N3O3S/c21-27(25,26)18-10-8-16(9-11-18)12-13-22-20(24)15-23-14-4-7-19(23)17-5-2-1-3-6-17/h1-3,5-6,8-11,19H,4,7,12-15H2,(H,22,24)(H2,21,25,26). The average molecular weight is 388 g/mol. The van der Waals surface area contributed by atoms with Crippen LogP contribution in [0.2, 0.25) is 0 Å². The number of nitrogens with two attached hydrogens (primary N) is 1. The topological polar surface area (TPSA) is 92.5 Å². The van der Waals surface area contributed by atoms with Crippen molar-refractivity contribution in [2.24, 2.45) is 5.14 Å². The van der Waals surface area contributed by atoms with Gasteiger partial charge >= 0.3 is 0 Å². The summed E-state index contributed by atoms with van der Waals surface area (Å²) in [4.78, 5) is 14.6. The Morgan fingerprint density at radius 1 is 1.11 bits per heavy atom. The third-order valence-electron chi connectivity index (χ3n) is 4.88. The van der Waals surface area contributed by atoms with E-state index in [1.165, 1.54) is 17.7 Å². The summed E-state index contributed by atoms with van der Waals surface area (Å²) in [7, 11) is -3.67. The highest BCUT2D eigenvalue weighted by atomic mass is 32.2. The first-order valence-corrected chi connectivity index (χ1v) is 10.7. The van der Waals surface area contributed by atoms with Crippen LogP contribution in [0.4, 0.5) is 0 Å². The number of carbonyl (C=O) groups is 1. The molecule has 1 heterocycles. The largest absolute Gasteiger partial charge is 0.355 e. The van der Waals surface area contributed by atoms with Crippen LogP contribution in [0.25, 0.3) is 0 Å². The molecule has 2 aromatic carbocycles. The summed E-state index contributed by atoms with van der Waals surface area (Å²) in [6.45, 7) is 1.84. The van der Waals surface area contributed by atoms with E-state index in [2.05, 4.69) is 22.3 Å². The molecule has 0 aromatic heterocycles. The van der Waals surface area contributed by atoms with Gasteiger partial charge in [-0.25, -0.2) is 13.6 Å². The number of nitrogens with one attached hydrogen (secondary N) is 1. The third kappa shape index (κ3) is 5.38. The summed E-state index contributed by atoms with van der Waals surface area (Å²) in [6, 6.07) is 17.0. The minimum absolute atomic E-state index is 0.0130. The summed E-state index contributed by atoms with van der Waals surface area (Å²) >= 11 is 0. The van der Waals surface area contributed by atoms with Crippen LogP contribution in [-0.4, -0.2) is 38.9 Å². The Labute approximate surface area is 160 Å². The quantitative estimate of drug-likeness (QED) is 0.758. The Bertz CT molecular complexity index is 867. The highest BCUT2D eigenvalue weighted by Crippen LogP contribution is 2.31. The maximum Gasteiger partial charge on any atom is 0.238 e. The molecule has 3 rings (SSSR count). The molecular formula is C20H25N3O3S. The summed E-state index contributed by atoms with van der Waals surface area (Å²) in [6.07, 6.45) is 2.82. The van der Waals surface area contributed by atoms with Gasteiger partial charge in [0.15, 0.2) is 0 Å². The van der Waals surface area contributed by atoms with Crippen LogP contribution in [-0.2, 0) is 21.2 Å². The lowest BCUT2D eigenvalue weighted by Gasteiger charge is -2.24. The van der Waals surface area contributed by atoms with Gasteiger partial charge in [0, 0.05) is 12.6 Å². The molecule has 0 aliphatic carbocycles. The zero-order valence-electron chi connectivity index (χ0n) is 15.2. The minimum Gasteiger partial charge on any atom is -0.355 e. The van der Waals surface area contributed by atoms with Gasteiger partial charge < -0.3 is 5.32 Å². The molecule has 0 spiro atoms. The SMILES string of the molecule is NS(=O)(=O)c1ccc(CCNC(=O)CN2CCCC2c2ccccc2)cc1. The smallest absolute Gasteiger partial charge is 0.238 e. The van der Waals surface area contributed by atoms with Crippen LogP contribution in [0, 0.1) is 0 Å². The molecule has 1 fully saturated rings. The van der Waals surface area contributed by atoms with E-state index >= 15 is 0 Å². The normalized spacial score (nSPS) is 17.7. The molecule has 1 aliphatic heterocycles. The van der Waals surface area contributed by atoms with Gasteiger partial charge in [0.1, 0.15) is 0 Å². The van der Waals surface area contributed by atoms with E-state index in [4.69, 9.17) is 5.14 Å². The van der Waals surface area contributed by atoms with E-state index in [0.29, 0.717) is 25.6 Å². The van der Waals surface area contributed by atoms with Crippen molar-refractivity contribution in [1.29, 1.82) is 0 Å². The van der Waals surface area contributed by atoms with Gasteiger partial charge in [0.2, 0.25) is 15.9 Å². The fourth-order valence-electron chi connectivity index (χ4n) is 3.50. The number of rotatable bonds is 7. The highest BCUT2D eigenvalue weighted by Gasteiger charge is 2.27. The van der Waals surface area contributed by atoms with E-state index in [1.54, 1.807) is 12.1 Å². The van der Waals surface area contributed by atoms with Gasteiger partial charge in [-0.05, 0) is 49.1 Å². The van der Waals surface area contributed by atoms with Gasteiger partial charge in [0.05, 0.1) is 11.4 Å². The van der Waals surface area contributed by atoms with Crippen LogP contribution in [0.1, 0.15) is 30.0 Å². The van der Waals surface area contributed by atoms with Crippen LogP contribution < -0.4 is 10.5 Å². The van der Waals surface area contributed by atoms with Crippen molar-refractivity contribution in [1.82, 2.24) is 10.2 Å². The average Bonchev–Trinajstić information content (AvgIpc) is 3.10. The van der Waals surface area contributed by atoms with Gasteiger partial charge in [-0.2, -0.15) is 0 Å². The van der Waals surface area contributed by atoms with Gasteiger partial charge in [0.25, 0.3) is 0 Å². The summed E-state index contributed by atoms with van der Waals surface area (Å²) in [5.74, 6) is 0.0130. The molecule has 1 aliphatic rings. The number of sulfonamides is 1. The lowest BCUT2D eigenvalue weighted by molar-refractivity contribution is -0.122. The first-order valence-electron chi connectivity index (χ1n) is 9.11. The molecule has 0 bridgehead atoms. The zero-order chi connectivity index (χ0) is 19.3. The van der Waals surface area contributed by atoms with Crippen molar-refractivity contribution in [2.45, 2.75) is 30.2 Å². The Hall–Kier alpha value is -2.22. The Morgan fingerprint density at radius 3 is 2.48 bits per heavy atom. The number of primary sulfonamides is 1. The number of benzene rings is 2. The predicted molar refractivity (Wildman–Crippen MR) is 105 cm³/mol. The molecule has 1 atom stereocenters. The fraction of sp³-hybridized carbons (Fsp3) is 0.350. The van der Waals surface area contributed by atoms with E-state index in [0.717, 1.165) is 24.9 Å². The molecule has 0 saturated carbocycles. The van der Waals surface area contributed by atoms with E-state index < -0.39 is 10.0 Å². The maximum atomic E-state index is 12.3. The lowest BCUT2D eigenvalue weighted by Crippen LogP contribution is -2.37. The predicted octanol–water partition coefficient (Wildman–Crippen LogP) is 1.83. The first kappa shape index (κ1) is 19.5. The van der Waals surface area contributed by atoms with E-state index in [-0.39, 0.29) is 10.8 Å². The summed E-state index contributed by atoms with van der Waals surface area (Å²) in [5, 5.41) is 8.04. The number of hydrogen-bond donors (Lipinski definition) is 2. The van der Waals surface area contributed by atoms with Gasteiger partial charge in [-0.1, -0.05) is 42.5 Å².